The summed E-state index contributed by atoms with van der Waals surface area (Å²) in [6, 6.07) is 7.60. The largest absolute Gasteiger partial charge is 0.445 e. The second-order valence-electron chi connectivity index (χ2n) is 7.57. The lowest BCUT2D eigenvalue weighted by molar-refractivity contribution is -0.124. The van der Waals surface area contributed by atoms with Gasteiger partial charge in [-0.1, -0.05) is 30.3 Å². The Balaban J connectivity index is 1.56. The lowest BCUT2D eigenvalue weighted by Gasteiger charge is -2.20. The summed E-state index contributed by atoms with van der Waals surface area (Å²) in [5.41, 5.74) is -0.00202. The van der Waals surface area contributed by atoms with Gasteiger partial charge < -0.3 is 25.2 Å². The van der Waals surface area contributed by atoms with Crippen molar-refractivity contribution in [3.63, 3.8) is 0 Å². The van der Waals surface area contributed by atoms with E-state index in [2.05, 4.69) is 15.6 Å². The Labute approximate surface area is 183 Å². The number of amides is 2. The average molecular weight is 446 g/mol. The molecular weight excluding hydrogens is 420 g/mol. The predicted molar refractivity (Wildman–Crippen MR) is 113 cm³/mol. The third kappa shape index (κ3) is 5.62. The number of nitrogens with zero attached hydrogens (tertiary/aromatic N) is 1. The van der Waals surface area contributed by atoms with Gasteiger partial charge in [0.15, 0.2) is 0 Å². The topological polar surface area (TPSA) is 152 Å². The number of hydrogen-bond donors (Lipinski definition) is 4. The molecule has 0 bridgehead atoms. The van der Waals surface area contributed by atoms with Gasteiger partial charge in [0.1, 0.15) is 25.0 Å². The monoisotopic (exact) mass is 446 g/mol. The third-order valence-corrected chi connectivity index (χ3v) is 5.14. The number of aromatic amines is 1. The molecule has 2 amide bonds. The van der Waals surface area contributed by atoms with Crippen molar-refractivity contribution in [1.29, 1.82) is 0 Å². The van der Waals surface area contributed by atoms with Crippen LogP contribution >= 0.6 is 0 Å². The highest BCUT2D eigenvalue weighted by Crippen LogP contribution is 2.27. The van der Waals surface area contributed by atoms with E-state index in [0.29, 0.717) is 5.56 Å². The van der Waals surface area contributed by atoms with Gasteiger partial charge in [0, 0.05) is 18.2 Å². The fraction of sp³-hybridized carbons (Fsp3) is 0.429. The van der Waals surface area contributed by atoms with E-state index in [-0.39, 0.29) is 19.6 Å². The standard InChI is InChI=1S/C21H26N4O7/c1-12-9-25(20(29)24-18(12)27)17-8-15(16(10-26)32-17)23-19(28)13(2)22-21(30)31-11-14-6-4-3-5-7-14/h3-7,9,13,15-17,26H,8,10-11H2,1-2H3,(H,22,30)(H,23,28)(H,24,27,29)/t13-,15-,16+,17+/m0/s1. The van der Waals surface area contributed by atoms with Crippen LogP contribution in [0.2, 0.25) is 0 Å². The molecule has 4 N–H and O–H groups in total. The first-order chi connectivity index (χ1) is 15.3. The van der Waals surface area contributed by atoms with Crippen LogP contribution in [-0.2, 0) is 20.9 Å². The van der Waals surface area contributed by atoms with Crippen molar-refractivity contribution in [2.75, 3.05) is 6.61 Å². The molecule has 0 radical (unpaired) electrons. The zero-order valence-electron chi connectivity index (χ0n) is 17.7. The quantitative estimate of drug-likeness (QED) is 0.464. The van der Waals surface area contributed by atoms with Crippen molar-refractivity contribution in [2.24, 2.45) is 0 Å². The van der Waals surface area contributed by atoms with Gasteiger partial charge in [-0.15, -0.1) is 0 Å². The summed E-state index contributed by atoms with van der Waals surface area (Å²) in [4.78, 5) is 50.4. The highest BCUT2D eigenvalue weighted by Gasteiger charge is 2.38. The smallest absolute Gasteiger partial charge is 0.408 e. The molecule has 11 nitrogen and oxygen atoms in total. The number of aromatic nitrogens is 2. The average Bonchev–Trinajstić information content (AvgIpc) is 3.18. The number of ether oxygens (including phenoxy) is 2. The molecule has 1 saturated heterocycles. The normalized spacial score (nSPS) is 21.0. The van der Waals surface area contributed by atoms with Gasteiger partial charge in [0.2, 0.25) is 5.91 Å². The first kappa shape index (κ1) is 23.2. The molecular formula is C21H26N4O7. The maximum absolute atomic E-state index is 12.5. The summed E-state index contributed by atoms with van der Waals surface area (Å²) in [5.74, 6) is -0.501. The number of rotatable bonds is 7. The molecule has 2 aromatic rings. The first-order valence-corrected chi connectivity index (χ1v) is 10.1. The summed E-state index contributed by atoms with van der Waals surface area (Å²) in [5, 5.41) is 14.8. The Morgan fingerprint density at radius 1 is 1.31 bits per heavy atom. The van der Waals surface area contributed by atoms with Crippen LogP contribution in [-0.4, -0.2) is 51.5 Å². The number of H-pyrrole nitrogens is 1. The van der Waals surface area contributed by atoms with Gasteiger partial charge in [-0.3, -0.25) is 19.1 Å². The van der Waals surface area contributed by atoms with Crippen molar-refractivity contribution in [1.82, 2.24) is 20.2 Å². The summed E-state index contributed by atoms with van der Waals surface area (Å²) >= 11 is 0. The zero-order valence-corrected chi connectivity index (χ0v) is 17.7. The molecule has 1 fully saturated rings. The van der Waals surface area contributed by atoms with E-state index in [1.807, 2.05) is 30.3 Å². The highest BCUT2D eigenvalue weighted by molar-refractivity contribution is 5.85. The number of aliphatic hydroxyl groups excluding tert-OH is 1. The van der Waals surface area contributed by atoms with Gasteiger partial charge in [0.05, 0.1) is 12.6 Å². The summed E-state index contributed by atoms with van der Waals surface area (Å²) in [7, 11) is 0. The first-order valence-electron chi connectivity index (χ1n) is 10.1. The van der Waals surface area contributed by atoms with Crippen LogP contribution in [0.15, 0.2) is 46.1 Å². The Morgan fingerprint density at radius 3 is 2.72 bits per heavy atom. The predicted octanol–water partition coefficient (Wildman–Crippen LogP) is -0.0755. The van der Waals surface area contributed by atoms with E-state index in [0.717, 1.165) is 5.56 Å². The van der Waals surface area contributed by atoms with E-state index in [4.69, 9.17) is 9.47 Å². The number of aryl methyl sites for hydroxylation is 1. The minimum atomic E-state index is -0.908. The number of nitrogens with one attached hydrogen (secondary N) is 3. The van der Waals surface area contributed by atoms with Gasteiger partial charge in [-0.05, 0) is 19.4 Å². The summed E-state index contributed by atoms with van der Waals surface area (Å²) in [6.45, 7) is 2.73. The minimum absolute atomic E-state index is 0.0685. The maximum atomic E-state index is 12.5. The van der Waals surface area contributed by atoms with Crippen molar-refractivity contribution in [3.05, 3.63) is 68.5 Å². The van der Waals surface area contributed by atoms with Crippen molar-refractivity contribution in [3.8, 4) is 0 Å². The molecule has 1 aromatic carbocycles. The number of benzene rings is 1. The lowest BCUT2D eigenvalue weighted by Crippen LogP contribution is -2.50. The van der Waals surface area contributed by atoms with Crippen LogP contribution < -0.4 is 21.9 Å². The minimum Gasteiger partial charge on any atom is -0.445 e. The van der Waals surface area contributed by atoms with Crippen LogP contribution in [0.1, 0.15) is 30.7 Å². The number of aliphatic hydroxyl groups is 1. The van der Waals surface area contributed by atoms with Crippen LogP contribution in [0, 0.1) is 6.92 Å². The highest BCUT2D eigenvalue weighted by atomic mass is 16.5. The van der Waals surface area contributed by atoms with Gasteiger partial charge in [-0.2, -0.15) is 0 Å². The molecule has 0 saturated carbocycles. The van der Waals surface area contributed by atoms with Crippen molar-refractivity contribution in [2.45, 2.75) is 51.3 Å². The van der Waals surface area contributed by atoms with Crippen LogP contribution in [0.3, 0.4) is 0 Å². The van der Waals surface area contributed by atoms with E-state index in [9.17, 15) is 24.3 Å². The molecule has 172 valence electrons. The molecule has 4 atom stereocenters. The van der Waals surface area contributed by atoms with Crippen molar-refractivity contribution < 1.29 is 24.2 Å². The van der Waals surface area contributed by atoms with E-state index < -0.39 is 47.7 Å². The Morgan fingerprint density at radius 2 is 2.03 bits per heavy atom. The third-order valence-electron chi connectivity index (χ3n) is 5.14. The number of hydrogen-bond acceptors (Lipinski definition) is 7. The van der Waals surface area contributed by atoms with Gasteiger partial charge in [-0.25, -0.2) is 9.59 Å². The van der Waals surface area contributed by atoms with Crippen LogP contribution in [0.25, 0.3) is 0 Å². The van der Waals surface area contributed by atoms with E-state index in [1.165, 1.54) is 17.7 Å². The molecule has 32 heavy (non-hydrogen) atoms. The molecule has 3 rings (SSSR count). The molecule has 0 spiro atoms. The second-order valence-corrected chi connectivity index (χ2v) is 7.57. The molecule has 1 aliphatic rings. The number of alkyl carbamates (subject to hydrolysis) is 1. The zero-order chi connectivity index (χ0) is 23.3. The van der Waals surface area contributed by atoms with Gasteiger partial charge >= 0.3 is 11.8 Å². The Bertz CT molecular complexity index is 1070. The fourth-order valence-electron chi connectivity index (χ4n) is 3.34. The van der Waals surface area contributed by atoms with Crippen molar-refractivity contribution >= 4 is 12.0 Å². The number of carbonyl (C=O) groups is 2. The Hall–Kier alpha value is -3.44. The van der Waals surface area contributed by atoms with Crippen LogP contribution in [0.4, 0.5) is 4.79 Å². The summed E-state index contributed by atoms with van der Waals surface area (Å²) < 4.78 is 12.0. The molecule has 2 heterocycles. The molecule has 11 heteroatoms. The van der Waals surface area contributed by atoms with E-state index in [1.54, 1.807) is 6.92 Å². The fourth-order valence-corrected chi connectivity index (χ4v) is 3.34. The second kappa shape index (κ2) is 10.2. The summed E-state index contributed by atoms with van der Waals surface area (Å²) in [6.07, 6.45) is -0.726. The molecule has 1 aromatic heterocycles. The lowest BCUT2D eigenvalue weighted by atomic mass is 10.1. The molecule has 1 aliphatic heterocycles. The SMILES string of the molecule is Cc1cn([C@H]2C[C@H](NC(=O)[C@H](C)NC(=O)OCc3ccccc3)[C@@H](CO)O2)c(=O)[nH]c1=O. The van der Waals surface area contributed by atoms with Crippen LogP contribution in [0.5, 0.6) is 0 Å². The molecule has 0 aliphatic carbocycles. The Kier molecular flexibility index (Phi) is 7.44. The molecule has 0 unspecified atom stereocenters. The van der Waals surface area contributed by atoms with Gasteiger partial charge in [0.25, 0.3) is 5.56 Å². The maximum Gasteiger partial charge on any atom is 0.408 e. The van der Waals surface area contributed by atoms with E-state index >= 15 is 0 Å². The number of carbonyl (C=O) groups excluding carboxylic acids is 2.